The van der Waals surface area contributed by atoms with Crippen LogP contribution in [0.1, 0.15) is 19.8 Å². The topological polar surface area (TPSA) is 55.8 Å². The predicted octanol–water partition coefficient (Wildman–Crippen LogP) is 3.70. The Kier molecular flexibility index (Phi) is 6.09. The van der Waals surface area contributed by atoms with Crippen LogP contribution in [-0.2, 0) is 10.0 Å². The van der Waals surface area contributed by atoms with Gasteiger partial charge < -0.3 is 9.47 Å². The highest BCUT2D eigenvalue weighted by molar-refractivity contribution is 7.92. The quantitative estimate of drug-likeness (QED) is 0.729. The molecule has 0 radical (unpaired) electrons. The summed E-state index contributed by atoms with van der Waals surface area (Å²) in [5.41, 5.74) is 0.625. The number of nitrogens with zero attached hydrogens (tertiary/aromatic N) is 1. The lowest BCUT2D eigenvalue weighted by atomic mass is 10.3. The summed E-state index contributed by atoms with van der Waals surface area (Å²) in [7, 11) is -0.503. The van der Waals surface area contributed by atoms with Gasteiger partial charge in [-0.2, -0.15) is 0 Å². The molecule has 0 unspecified atom stereocenters. The van der Waals surface area contributed by atoms with Crippen molar-refractivity contribution in [3.8, 4) is 11.5 Å². The first-order chi connectivity index (χ1) is 11.5. The highest BCUT2D eigenvalue weighted by atomic mass is 32.2. The van der Waals surface area contributed by atoms with Gasteiger partial charge in [-0.15, -0.1) is 0 Å². The number of hydrogen-bond acceptors (Lipinski definition) is 4. The van der Waals surface area contributed by atoms with E-state index >= 15 is 0 Å². The first kappa shape index (κ1) is 18.1. The highest BCUT2D eigenvalue weighted by Crippen LogP contribution is 2.27. The Morgan fingerprint density at radius 2 is 1.38 bits per heavy atom. The molecule has 6 heteroatoms. The first-order valence-corrected chi connectivity index (χ1v) is 9.27. The fraction of sp³-hybridized carbons (Fsp3) is 0.333. The third-order valence-electron chi connectivity index (χ3n) is 3.72. The normalized spacial score (nSPS) is 11.1. The van der Waals surface area contributed by atoms with Gasteiger partial charge in [0.25, 0.3) is 10.0 Å². The molecule has 0 bridgehead atoms. The summed E-state index contributed by atoms with van der Waals surface area (Å²) in [6.45, 7) is 2.46. The van der Waals surface area contributed by atoms with Crippen molar-refractivity contribution in [3.05, 3.63) is 48.5 Å². The summed E-state index contributed by atoms with van der Waals surface area (Å²) in [6, 6.07) is 13.5. The largest absolute Gasteiger partial charge is 0.497 e. The van der Waals surface area contributed by atoms with Crippen molar-refractivity contribution in [3.63, 3.8) is 0 Å². The Labute approximate surface area is 143 Å². The maximum absolute atomic E-state index is 13.0. The second-order valence-electron chi connectivity index (χ2n) is 5.30. The van der Waals surface area contributed by atoms with E-state index in [4.69, 9.17) is 9.47 Å². The van der Waals surface area contributed by atoms with Crippen LogP contribution in [0.4, 0.5) is 5.69 Å². The van der Waals surface area contributed by atoms with Crippen LogP contribution in [0.25, 0.3) is 0 Å². The van der Waals surface area contributed by atoms with Gasteiger partial charge in [0.05, 0.1) is 24.8 Å². The molecule has 0 aromatic heterocycles. The minimum absolute atomic E-state index is 0.246. The first-order valence-electron chi connectivity index (χ1n) is 7.83. The average molecular weight is 349 g/mol. The fourth-order valence-corrected chi connectivity index (χ4v) is 3.82. The SMILES string of the molecule is CCCCN(c1ccc(OC)cc1)S(=O)(=O)c1ccc(OC)cc1. The lowest BCUT2D eigenvalue weighted by Gasteiger charge is -2.24. The van der Waals surface area contributed by atoms with E-state index in [1.54, 1.807) is 62.8 Å². The van der Waals surface area contributed by atoms with Gasteiger partial charge in [0, 0.05) is 6.54 Å². The van der Waals surface area contributed by atoms with Crippen LogP contribution >= 0.6 is 0 Å². The number of ether oxygens (including phenoxy) is 2. The van der Waals surface area contributed by atoms with Crippen LogP contribution in [0.2, 0.25) is 0 Å². The lowest BCUT2D eigenvalue weighted by Crippen LogP contribution is -2.32. The van der Waals surface area contributed by atoms with E-state index < -0.39 is 10.0 Å². The van der Waals surface area contributed by atoms with Gasteiger partial charge in [0.2, 0.25) is 0 Å². The Morgan fingerprint density at radius 1 is 0.875 bits per heavy atom. The van der Waals surface area contributed by atoms with E-state index in [1.165, 1.54) is 4.31 Å². The predicted molar refractivity (Wildman–Crippen MR) is 95.4 cm³/mol. The number of anilines is 1. The maximum atomic E-state index is 13.0. The van der Waals surface area contributed by atoms with Crippen molar-refractivity contribution in [2.75, 3.05) is 25.1 Å². The van der Waals surface area contributed by atoms with Crippen molar-refractivity contribution < 1.29 is 17.9 Å². The molecule has 130 valence electrons. The zero-order chi connectivity index (χ0) is 17.6. The molecule has 0 saturated carbocycles. The van der Waals surface area contributed by atoms with Crippen LogP contribution in [0.15, 0.2) is 53.4 Å². The van der Waals surface area contributed by atoms with E-state index in [1.807, 2.05) is 6.92 Å². The van der Waals surface area contributed by atoms with Crippen molar-refractivity contribution in [1.82, 2.24) is 0 Å². The summed E-state index contributed by atoms with van der Waals surface area (Å²) < 4.78 is 37.8. The number of rotatable bonds is 8. The number of hydrogen-bond donors (Lipinski definition) is 0. The van der Waals surface area contributed by atoms with E-state index in [0.717, 1.165) is 12.8 Å². The molecule has 0 aliphatic rings. The Balaban J connectivity index is 2.39. The third kappa shape index (κ3) is 4.00. The molecular formula is C18H23NO4S. The van der Waals surface area contributed by atoms with Gasteiger partial charge in [-0.05, 0) is 55.0 Å². The summed E-state index contributed by atoms with van der Waals surface area (Å²) >= 11 is 0. The molecule has 0 N–H and O–H groups in total. The summed E-state index contributed by atoms with van der Waals surface area (Å²) in [4.78, 5) is 0.246. The molecule has 5 nitrogen and oxygen atoms in total. The zero-order valence-electron chi connectivity index (χ0n) is 14.2. The fourth-order valence-electron chi connectivity index (χ4n) is 2.31. The maximum Gasteiger partial charge on any atom is 0.264 e. The third-order valence-corrected chi connectivity index (χ3v) is 5.56. The van der Waals surface area contributed by atoms with Crippen LogP contribution in [0, 0.1) is 0 Å². The second kappa shape index (κ2) is 8.06. The number of sulfonamides is 1. The highest BCUT2D eigenvalue weighted by Gasteiger charge is 2.24. The van der Waals surface area contributed by atoms with Crippen molar-refractivity contribution >= 4 is 15.7 Å². The zero-order valence-corrected chi connectivity index (χ0v) is 15.0. The standard InChI is InChI=1S/C18H23NO4S/c1-4-5-14-19(15-6-8-16(22-2)9-7-15)24(20,21)18-12-10-17(23-3)11-13-18/h6-13H,4-5,14H2,1-3H3. The Morgan fingerprint density at radius 3 is 1.83 bits per heavy atom. The minimum Gasteiger partial charge on any atom is -0.497 e. The van der Waals surface area contributed by atoms with Gasteiger partial charge >= 0.3 is 0 Å². The minimum atomic E-state index is -3.63. The molecule has 0 heterocycles. The molecule has 0 aliphatic carbocycles. The molecule has 0 amide bonds. The average Bonchev–Trinajstić information content (AvgIpc) is 2.62. The number of methoxy groups -OCH3 is 2. The van der Waals surface area contributed by atoms with E-state index in [0.29, 0.717) is 23.7 Å². The summed E-state index contributed by atoms with van der Waals surface area (Å²) in [5.74, 6) is 1.31. The Bertz CT molecular complexity index is 740. The van der Waals surface area contributed by atoms with E-state index in [-0.39, 0.29) is 4.90 Å². The molecule has 0 atom stereocenters. The number of benzene rings is 2. The molecule has 0 saturated heterocycles. The van der Waals surface area contributed by atoms with Crippen molar-refractivity contribution in [2.45, 2.75) is 24.7 Å². The second-order valence-corrected chi connectivity index (χ2v) is 7.17. The van der Waals surface area contributed by atoms with Gasteiger partial charge in [0.1, 0.15) is 11.5 Å². The van der Waals surface area contributed by atoms with Crippen molar-refractivity contribution in [1.29, 1.82) is 0 Å². The molecule has 0 fully saturated rings. The van der Waals surface area contributed by atoms with Gasteiger partial charge in [-0.3, -0.25) is 4.31 Å². The van der Waals surface area contributed by atoms with Gasteiger partial charge in [-0.1, -0.05) is 13.3 Å². The molecule has 2 aromatic rings. The molecule has 0 aliphatic heterocycles. The monoisotopic (exact) mass is 349 g/mol. The van der Waals surface area contributed by atoms with Crippen molar-refractivity contribution in [2.24, 2.45) is 0 Å². The van der Waals surface area contributed by atoms with E-state index in [2.05, 4.69) is 0 Å². The summed E-state index contributed by atoms with van der Waals surface area (Å²) in [5, 5.41) is 0. The summed E-state index contributed by atoms with van der Waals surface area (Å²) in [6.07, 6.45) is 1.69. The lowest BCUT2D eigenvalue weighted by molar-refractivity contribution is 0.414. The Hall–Kier alpha value is -2.21. The molecular weight excluding hydrogens is 326 g/mol. The van der Waals surface area contributed by atoms with Crippen LogP contribution < -0.4 is 13.8 Å². The number of unbranched alkanes of at least 4 members (excludes halogenated alkanes) is 1. The van der Waals surface area contributed by atoms with E-state index in [9.17, 15) is 8.42 Å². The van der Waals surface area contributed by atoms with Gasteiger partial charge in [-0.25, -0.2) is 8.42 Å². The molecule has 2 aromatic carbocycles. The van der Waals surface area contributed by atoms with Gasteiger partial charge in [0.15, 0.2) is 0 Å². The smallest absolute Gasteiger partial charge is 0.264 e. The van der Waals surface area contributed by atoms with Crippen LogP contribution in [-0.4, -0.2) is 29.2 Å². The van der Waals surface area contributed by atoms with Crippen LogP contribution in [0.5, 0.6) is 11.5 Å². The molecule has 24 heavy (non-hydrogen) atoms. The molecule has 0 spiro atoms. The van der Waals surface area contributed by atoms with Crippen LogP contribution in [0.3, 0.4) is 0 Å². The molecule has 2 rings (SSSR count).